The van der Waals surface area contributed by atoms with Crippen LogP contribution in [0, 0.1) is 17.1 Å². The van der Waals surface area contributed by atoms with Crippen molar-refractivity contribution in [2.24, 2.45) is 0 Å². The minimum absolute atomic E-state index is 0.00790. The van der Waals surface area contributed by atoms with Crippen LogP contribution in [0.15, 0.2) is 47.4 Å². The number of hydrogen-bond acceptors (Lipinski definition) is 6. The predicted octanol–water partition coefficient (Wildman–Crippen LogP) is 3.75. The molecule has 0 saturated heterocycles. The van der Waals surface area contributed by atoms with Gasteiger partial charge in [-0.1, -0.05) is 37.1 Å². The normalized spacial score (nSPS) is 14.3. The number of nitrogens with two attached hydrogens (primary N) is 1. The summed E-state index contributed by atoms with van der Waals surface area (Å²) >= 11 is 0. The molecular formula is C23H24FN5O3S. The molecule has 10 heteroatoms. The van der Waals surface area contributed by atoms with Gasteiger partial charge in [-0.05, 0) is 36.6 Å². The lowest BCUT2D eigenvalue weighted by atomic mass is 10.1. The van der Waals surface area contributed by atoms with Gasteiger partial charge in [0.05, 0.1) is 13.2 Å². The molecule has 0 bridgehead atoms. The Morgan fingerprint density at radius 2 is 1.94 bits per heavy atom. The van der Waals surface area contributed by atoms with E-state index in [2.05, 4.69) is 15.9 Å². The lowest BCUT2D eigenvalue weighted by Crippen LogP contribution is -2.23. The summed E-state index contributed by atoms with van der Waals surface area (Å²) in [6.45, 7) is -0.00790. The number of methoxy groups -OCH3 is 1. The summed E-state index contributed by atoms with van der Waals surface area (Å²) in [5.74, 6) is -0.246. The molecule has 0 unspecified atom stereocenters. The fourth-order valence-electron chi connectivity index (χ4n) is 4.08. The van der Waals surface area contributed by atoms with Gasteiger partial charge in [-0.25, -0.2) is 22.2 Å². The van der Waals surface area contributed by atoms with Crippen molar-refractivity contribution in [1.82, 2.24) is 14.5 Å². The third kappa shape index (κ3) is 4.55. The van der Waals surface area contributed by atoms with Crippen LogP contribution < -0.4 is 15.2 Å². The first-order valence-electron chi connectivity index (χ1n) is 10.5. The van der Waals surface area contributed by atoms with Crippen LogP contribution in [0.25, 0.3) is 11.3 Å². The van der Waals surface area contributed by atoms with Crippen molar-refractivity contribution in [3.05, 3.63) is 59.4 Å². The van der Waals surface area contributed by atoms with Crippen molar-refractivity contribution in [3.63, 3.8) is 0 Å². The van der Waals surface area contributed by atoms with Crippen molar-refractivity contribution in [3.8, 4) is 23.1 Å². The fourth-order valence-corrected chi connectivity index (χ4v) is 5.28. The maximum atomic E-state index is 13.6. The van der Waals surface area contributed by atoms with E-state index in [0.717, 1.165) is 37.8 Å². The quantitative estimate of drug-likeness (QED) is 0.543. The van der Waals surface area contributed by atoms with E-state index in [1.165, 1.54) is 13.2 Å². The lowest BCUT2D eigenvalue weighted by Gasteiger charge is -2.11. The third-order valence-electron chi connectivity index (χ3n) is 5.84. The van der Waals surface area contributed by atoms with Gasteiger partial charge in [0, 0.05) is 12.1 Å². The number of nitrogen functional groups attached to an aromatic ring is 1. The van der Waals surface area contributed by atoms with Crippen molar-refractivity contribution >= 4 is 15.8 Å². The number of rotatable bonds is 7. The molecule has 1 aliphatic rings. The van der Waals surface area contributed by atoms with Gasteiger partial charge in [-0.3, -0.25) is 0 Å². The summed E-state index contributed by atoms with van der Waals surface area (Å²) in [6, 6.07) is 12.7. The summed E-state index contributed by atoms with van der Waals surface area (Å²) in [4.78, 5) is -0.270. The Bertz CT molecular complexity index is 1310. The van der Waals surface area contributed by atoms with Crippen molar-refractivity contribution in [2.45, 2.75) is 43.2 Å². The van der Waals surface area contributed by atoms with Crippen LogP contribution in [0.3, 0.4) is 0 Å². The first-order valence-corrected chi connectivity index (χ1v) is 12.0. The van der Waals surface area contributed by atoms with Crippen LogP contribution in [0.1, 0.15) is 42.9 Å². The summed E-state index contributed by atoms with van der Waals surface area (Å²) in [7, 11) is -2.68. The van der Waals surface area contributed by atoms with Gasteiger partial charge < -0.3 is 10.5 Å². The highest BCUT2D eigenvalue weighted by Crippen LogP contribution is 2.35. The maximum absolute atomic E-state index is 13.6. The molecule has 8 nitrogen and oxygen atoms in total. The number of sulfonamides is 1. The molecule has 1 saturated carbocycles. The smallest absolute Gasteiger partial charge is 0.244 e. The Balaban J connectivity index is 1.53. The summed E-state index contributed by atoms with van der Waals surface area (Å²) < 4.78 is 48.2. The van der Waals surface area contributed by atoms with Crippen molar-refractivity contribution < 1.29 is 17.5 Å². The SMILES string of the molecule is COc1ccc(F)cc1S(=O)(=O)NCc1ccc(-c2nn(C3CCCC3)c(N)c2C#N)cc1. The molecule has 0 radical (unpaired) electrons. The van der Waals surface area contributed by atoms with E-state index >= 15 is 0 Å². The van der Waals surface area contributed by atoms with Gasteiger partial charge in [0.25, 0.3) is 0 Å². The van der Waals surface area contributed by atoms with Crippen LogP contribution in [0.2, 0.25) is 0 Å². The Kier molecular flexibility index (Phi) is 6.35. The van der Waals surface area contributed by atoms with E-state index in [9.17, 15) is 18.1 Å². The standard InChI is InChI=1S/C23H24FN5O3S/c1-32-20-11-10-17(24)12-21(20)33(30,31)27-14-15-6-8-16(9-7-15)22-19(13-25)23(26)29(28-22)18-4-2-3-5-18/h6-12,18,27H,2-5,14,26H2,1H3. The van der Waals surface area contributed by atoms with Gasteiger partial charge in [0.15, 0.2) is 0 Å². The molecule has 3 N–H and O–H groups in total. The molecule has 1 heterocycles. The van der Waals surface area contributed by atoms with E-state index in [1.807, 2.05) is 0 Å². The second-order valence-electron chi connectivity index (χ2n) is 7.92. The Hall–Kier alpha value is -3.42. The molecule has 0 atom stereocenters. The van der Waals surface area contributed by atoms with Crippen LogP contribution in [-0.2, 0) is 16.6 Å². The molecule has 0 spiro atoms. The van der Waals surface area contributed by atoms with Gasteiger partial charge in [0.1, 0.15) is 39.6 Å². The molecule has 0 aliphatic heterocycles. The van der Waals surface area contributed by atoms with Gasteiger partial charge in [-0.15, -0.1) is 0 Å². The van der Waals surface area contributed by atoms with Gasteiger partial charge in [-0.2, -0.15) is 10.4 Å². The highest BCUT2D eigenvalue weighted by atomic mass is 32.2. The van der Waals surface area contributed by atoms with Crippen LogP contribution in [0.5, 0.6) is 5.75 Å². The number of benzene rings is 2. The van der Waals surface area contributed by atoms with E-state index < -0.39 is 15.8 Å². The topological polar surface area (TPSA) is 123 Å². The van der Waals surface area contributed by atoms with Crippen LogP contribution >= 0.6 is 0 Å². The molecule has 1 aromatic heterocycles. The lowest BCUT2D eigenvalue weighted by molar-refractivity contribution is 0.400. The zero-order valence-electron chi connectivity index (χ0n) is 18.1. The van der Waals surface area contributed by atoms with Gasteiger partial charge >= 0.3 is 0 Å². The van der Waals surface area contributed by atoms with E-state index in [1.54, 1.807) is 28.9 Å². The average Bonchev–Trinajstić information content (AvgIpc) is 3.46. The van der Waals surface area contributed by atoms with Crippen molar-refractivity contribution in [2.75, 3.05) is 12.8 Å². The number of aromatic nitrogens is 2. The first kappa shape index (κ1) is 22.8. The van der Waals surface area contributed by atoms with Crippen LogP contribution in [-0.4, -0.2) is 25.3 Å². The molecule has 172 valence electrons. The summed E-state index contributed by atoms with van der Waals surface area (Å²) in [5, 5.41) is 14.2. The Labute approximate surface area is 191 Å². The Morgan fingerprint density at radius 1 is 1.24 bits per heavy atom. The highest BCUT2D eigenvalue weighted by molar-refractivity contribution is 7.89. The van der Waals surface area contributed by atoms with Crippen molar-refractivity contribution in [1.29, 1.82) is 5.26 Å². The van der Waals surface area contributed by atoms with Gasteiger partial charge in [0.2, 0.25) is 10.0 Å². The Morgan fingerprint density at radius 3 is 2.58 bits per heavy atom. The minimum atomic E-state index is -4.00. The number of nitrogens with one attached hydrogen (secondary N) is 1. The molecule has 4 rings (SSSR count). The minimum Gasteiger partial charge on any atom is -0.495 e. The summed E-state index contributed by atoms with van der Waals surface area (Å²) in [6.07, 6.45) is 4.22. The number of nitriles is 1. The number of nitrogens with zero attached hydrogens (tertiary/aromatic N) is 3. The molecule has 33 heavy (non-hydrogen) atoms. The van der Waals surface area contributed by atoms with E-state index in [4.69, 9.17) is 10.5 Å². The molecule has 1 fully saturated rings. The molecular weight excluding hydrogens is 445 g/mol. The van der Waals surface area contributed by atoms with Crippen LogP contribution in [0.4, 0.5) is 10.2 Å². The molecule has 3 aromatic rings. The number of halogens is 1. The number of anilines is 1. The highest BCUT2D eigenvalue weighted by Gasteiger charge is 2.25. The molecule has 2 aromatic carbocycles. The van der Waals surface area contributed by atoms with E-state index in [0.29, 0.717) is 28.2 Å². The third-order valence-corrected chi connectivity index (χ3v) is 7.26. The summed E-state index contributed by atoms with van der Waals surface area (Å²) in [5.41, 5.74) is 8.46. The molecule has 0 amide bonds. The first-order chi connectivity index (χ1) is 15.8. The maximum Gasteiger partial charge on any atom is 0.244 e. The average molecular weight is 470 g/mol. The number of ether oxygens (including phenoxy) is 1. The second kappa shape index (κ2) is 9.21. The van der Waals surface area contributed by atoms with E-state index in [-0.39, 0.29) is 23.2 Å². The monoisotopic (exact) mass is 469 g/mol. The second-order valence-corrected chi connectivity index (χ2v) is 9.66. The number of hydrogen-bond donors (Lipinski definition) is 2. The predicted molar refractivity (Wildman–Crippen MR) is 121 cm³/mol. The fraction of sp³-hybridized carbons (Fsp3) is 0.304. The zero-order chi connectivity index (χ0) is 23.6. The largest absolute Gasteiger partial charge is 0.495 e. The zero-order valence-corrected chi connectivity index (χ0v) is 18.9. The molecule has 1 aliphatic carbocycles.